The third kappa shape index (κ3) is 17.1. The van der Waals surface area contributed by atoms with Gasteiger partial charge in [-0.15, -0.1) is 0 Å². The molecule has 9 amide bonds. The minimum absolute atomic E-state index is 0.0872. The number of phenols is 1. The number of nitrogens with zero attached hydrogens (tertiary/aromatic N) is 1. The molecule has 12 atom stereocenters. The van der Waals surface area contributed by atoms with E-state index < -0.39 is 142 Å². The van der Waals surface area contributed by atoms with E-state index >= 15 is 0 Å². The van der Waals surface area contributed by atoms with Crippen molar-refractivity contribution in [2.45, 2.75) is 144 Å². The van der Waals surface area contributed by atoms with Crippen LogP contribution in [0.15, 0.2) is 53.4 Å². The maximum atomic E-state index is 14.9. The Balaban J connectivity index is 1.23. The number of hydrogen-bond donors (Lipinski definition) is 13. The molecule has 0 radical (unpaired) electrons. The number of rotatable bonds is 28. The van der Waals surface area contributed by atoms with Gasteiger partial charge in [-0.3, -0.25) is 43.2 Å². The Morgan fingerprint density at radius 1 is 0.695 bits per heavy atom. The van der Waals surface area contributed by atoms with Gasteiger partial charge in [0.2, 0.25) is 63.2 Å². The summed E-state index contributed by atoms with van der Waals surface area (Å²) in [5.41, 5.74) is 9.69. The normalized spacial score (nSPS) is 23.9. The monoisotopic (exact) mass is 1170 g/mol. The van der Waals surface area contributed by atoms with Crippen molar-refractivity contribution in [1.29, 1.82) is 0 Å². The Morgan fingerprint density at radius 3 is 1.83 bits per heavy atom. The number of ether oxygens (including phenoxy) is 1. The van der Waals surface area contributed by atoms with Gasteiger partial charge < -0.3 is 84.4 Å². The van der Waals surface area contributed by atoms with E-state index in [1.165, 1.54) is 69.5 Å². The van der Waals surface area contributed by atoms with Crippen molar-refractivity contribution < 1.29 is 87.7 Å². The number of quaternary nitrogens is 3. The molecule has 29 heteroatoms. The first-order valence-electron chi connectivity index (χ1n) is 27.8. The summed E-state index contributed by atoms with van der Waals surface area (Å²) < 4.78 is 35.9. The SMILES string of the molecule is COc1ccc(S(=O)(=O)N2C(NC(=O)[C@@H](Cc3ccc(O)cc3)NC(=O)C3C[NH2+]CC3NC(=O)[C@@H](CCC(=O)[O-])NC(=O)C3CCCC3NC(C)=O)CCC2C(=O)N[C@H](CCCC[NH3+])C(=O)NC2C[NH2+]CC2C(=O)N[C@H](C)C(N)=O)cc1. The van der Waals surface area contributed by atoms with E-state index in [1.54, 1.807) is 5.32 Å². The van der Waals surface area contributed by atoms with Gasteiger partial charge in [0.15, 0.2) is 0 Å². The molecule has 18 N–H and O–H groups in total. The van der Waals surface area contributed by atoms with Gasteiger partial charge in [0, 0.05) is 25.4 Å². The first-order chi connectivity index (χ1) is 39.0. The van der Waals surface area contributed by atoms with Gasteiger partial charge >= 0.3 is 0 Å². The number of phenolic OH excluding ortho intramolecular Hbond substituents is 1. The van der Waals surface area contributed by atoms with Gasteiger partial charge in [0.25, 0.3) is 0 Å². The van der Waals surface area contributed by atoms with Gasteiger partial charge in [0.1, 0.15) is 53.5 Å². The van der Waals surface area contributed by atoms with Crippen LogP contribution in [0.2, 0.25) is 0 Å². The third-order valence-corrected chi connectivity index (χ3v) is 17.4. The predicted octanol–water partition coefficient (Wildman–Crippen LogP) is -7.71. The van der Waals surface area contributed by atoms with Crippen LogP contribution in [0.3, 0.4) is 0 Å². The van der Waals surface area contributed by atoms with Crippen LogP contribution in [0, 0.1) is 17.8 Å². The van der Waals surface area contributed by atoms with Crippen LogP contribution in [-0.4, -0.2) is 171 Å². The lowest BCUT2D eigenvalue weighted by molar-refractivity contribution is -0.638. The highest BCUT2D eigenvalue weighted by Gasteiger charge is 2.49. The number of carboxylic acids is 1. The number of sulfonamides is 1. The molecule has 0 spiro atoms. The van der Waals surface area contributed by atoms with E-state index in [-0.39, 0.29) is 68.3 Å². The van der Waals surface area contributed by atoms with Crippen molar-refractivity contribution in [2.75, 3.05) is 39.8 Å². The second-order valence-electron chi connectivity index (χ2n) is 21.4. The summed E-state index contributed by atoms with van der Waals surface area (Å²) in [6.45, 7) is 4.15. The van der Waals surface area contributed by atoms with Crippen LogP contribution < -0.4 is 74.5 Å². The van der Waals surface area contributed by atoms with Crippen LogP contribution in [0.25, 0.3) is 0 Å². The van der Waals surface area contributed by atoms with Gasteiger partial charge in [0.05, 0.1) is 68.9 Å². The Labute approximate surface area is 474 Å². The first-order valence-corrected chi connectivity index (χ1v) is 29.2. The van der Waals surface area contributed by atoms with E-state index in [9.17, 15) is 66.6 Å². The summed E-state index contributed by atoms with van der Waals surface area (Å²) in [6.07, 6.45) is -0.0993. The summed E-state index contributed by atoms with van der Waals surface area (Å²) >= 11 is 0. The molecule has 0 aromatic heterocycles. The number of benzene rings is 2. The number of carbonyl (C=O) groups is 10. The Morgan fingerprint density at radius 2 is 1.26 bits per heavy atom. The van der Waals surface area contributed by atoms with E-state index in [0.29, 0.717) is 56.5 Å². The molecule has 82 heavy (non-hydrogen) atoms. The molecular weight excluding hydrogens is 1090 g/mol. The fourth-order valence-electron chi connectivity index (χ4n) is 11.0. The number of methoxy groups -OCH3 is 1. The summed E-state index contributed by atoms with van der Waals surface area (Å²) in [5, 5.41) is 47.1. The zero-order valence-electron chi connectivity index (χ0n) is 46.3. The number of primary amides is 1. The number of carbonyl (C=O) groups excluding carboxylic acids is 10. The molecule has 2 aromatic rings. The van der Waals surface area contributed by atoms with E-state index in [1.807, 2.05) is 5.32 Å². The summed E-state index contributed by atoms with van der Waals surface area (Å²) in [5.74, 6) is -9.65. The minimum Gasteiger partial charge on any atom is -0.550 e. The molecule has 2 aromatic carbocycles. The van der Waals surface area contributed by atoms with Crippen molar-refractivity contribution in [1.82, 2.24) is 46.8 Å². The molecule has 3 saturated heterocycles. The molecular formula is C53H79N13O15S+2. The number of unbranched alkanes of at least 4 members (excludes halogenated alkanes) is 1. The van der Waals surface area contributed by atoms with E-state index in [4.69, 9.17) is 10.5 Å². The smallest absolute Gasteiger partial charge is 0.245 e. The van der Waals surface area contributed by atoms with Crippen LogP contribution in [-0.2, 0) is 64.4 Å². The van der Waals surface area contributed by atoms with Crippen LogP contribution in [0.5, 0.6) is 11.5 Å². The Bertz CT molecular complexity index is 2760. The third-order valence-electron chi connectivity index (χ3n) is 15.5. The maximum absolute atomic E-state index is 14.9. The fourth-order valence-corrected chi connectivity index (χ4v) is 12.8. The molecule has 1 aliphatic carbocycles. The number of nitrogens with one attached hydrogen (secondary N) is 8. The molecule has 3 aliphatic heterocycles. The second kappa shape index (κ2) is 29.5. The molecule has 1 saturated carbocycles. The van der Waals surface area contributed by atoms with Gasteiger partial charge in [-0.25, -0.2) is 8.42 Å². The van der Waals surface area contributed by atoms with Crippen molar-refractivity contribution in [3.8, 4) is 11.5 Å². The van der Waals surface area contributed by atoms with Crippen molar-refractivity contribution >= 4 is 69.2 Å². The lowest BCUT2D eigenvalue weighted by Crippen LogP contribution is -2.82. The number of aliphatic carboxylic acids is 1. The summed E-state index contributed by atoms with van der Waals surface area (Å²) in [4.78, 5) is 133. The van der Waals surface area contributed by atoms with Crippen molar-refractivity contribution in [3.05, 3.63) is 54.1 Å². The minimum atomic E-state index is -4.69. The summed E-state index contributed by atoms with van der Waals surface area (Å²) in [7, 11) is -3.30. The van der Waals surface area contributed by atoms with Gasteiger partial charge in [-0.05, 0) is 107 Å². The molecule has 6 rings (SSSR count). The van der Waals surface area contributed by atoms with Crippen molar-refractivity contribution in [2.24, 2.45) is 23.5 Å². The molecule has 0 bridgehead atoms. The molecule has 3 heterocycles. The topological polar surface area (TPSA) is 444 Å². The largest absolute Gasteiger partial charge is 0.550 e. The lowest BCUT2D eigenvalue weighted by atomic mass is 9.98. The molecule has 28 nitrogen and oxygen atoms in total. The van der Waals surface area contributed by atoms with Crippen LogP contribution in [0.1, 0.15) is 83.6 Å². The average molecular weight is 1170 g/mol. The number of nitrogens with two attached hydrogens (primary N) is 3. The highest BCUT2D eigenvalue weighted by atomic mass is 32.2. The summed E-state index contributed by atoms with van der Waals surface area (Å²) in [6, 6.07) is 2.53. The molecule has 450 valence electrons. The number of carboxylic acid groups (broad SMARTS) is 1. The Kier molecular flexibility index (Phi) is 22.9. The highest BCUT2D eigenvalue weighted by Crippen LogP contribution is 2.32. The maximum Gasteiger partial charge on any atom is 0.245 e. The standard InChI is InChI=1S/C53H77N13O15S/c1-28(46(55)71)58-48(73)35-24-56-26-41(35)63-50(75)38(8-4-5-22-54)61-53(78)43-19-20-44(66(43)82(79,80)33-16-14-32(81-3)15-17-33)65-52(77)40(23-30-10-12-31(68)13-11-30)62-49(74)36-25-57-27-42(36)64-51(76)39(18-21-45(69)70)60-47(72)34-7-6-9-37(34)59-29(2)67/h10-17,28,34-44,56-57,68H,4-9,18-27,54H2,1-3H3,(H2,55,71)(H,58,73)(H,59,67)(H,60,72)(H,61,78)(H,62,74)(H,63,75)(H,64,76)(H,65,77)(H,69,70)/p+2/t28-,34?,35?,36?,37?,38-,39-,40-,41?,42?,43?,44?/m1/s1. The van der Waals surface area contributed by atoms with E-state index in [2.05, 4.69) is 48.3 Å². The average Bonchev–Trinajstić information content (AvgIpc) is 3.36. The quantitative estimate of drug-likeness (QED) is 0.0352. The van der Waals surface area contributed by atoms with Crippen LogP contribution in [0.4, 0.5) is 0 Å². The second-order valence-corrected chi connectivity index (χ2v) is 23.2. The van der Waals surface area contributed by atoms with Crippen LogP contribution >= 0.6 is 0 Å². The number of aromatic hydroxyl groups is 1. The van der Waals surface area contributed by atoms with Crippen molar-refractivity contribution in [3.63, 3.8) is 0 Å². The van der Waals surface area contributed by atoms with E-state index in [0.717, 1.165) is 4.31 Å². The first kappa shape index (κ1) is 63.7. The zero-order valence-corrected chi connectivity index (χ0v) is 47.1. The predicted molar refractivity (Wildman–Crippen MR) is 286 cm³/mol. The van der Waals surface area contributed by atoms with Gasteiger partial charge in [-0.1, -0.05) is 18.6 Å². The number of hydrogen-bond acceptors (Lipinski definition) is 15. The molecule has 4 aliphatic rings. The number of amides is 9. The highest BCUT2D eigenvalue weighted by molar-refractivity contribution is 7.89. The fraction of sp³-hybridized carbons (Fsp3) is 0.585. The zero-order chi connectivity index (χ0) is 59.8. The van der Waals surface area contributed by atoms with Gasteiger partial charge in [-0.2, -0.15) is 4.31 Å². The molecule has 8 unspecified atom stereocenters. The lowest BCUT2D eigenvalue weighted by Gasteiger charge is -2.31. The molecule has 4 fully saturated rings. The Hall–Kier alpha value is -7.47.